The van der Waals surface area contributed by atoms with Gasteiger partial charge in [-0.15, -0.1) is 0 Å². The monoisotopic (exact) mass is 404 g/mol. The van der Waals surface area contributed by atoms with Gasteiger partial charge in [0.15, 0.2) is 5.16 Å². The lowest BCUT2D eigenvalue weighted by molar-refractivity contribution is 0.557. The molecule has 5 rings (SSSR count). The summed E-state index contributed by atoms with van der Waals surface area (Å²) in [5.74, 6) is 0.544. The number of hydrogen-bond acceptors (Lipinski definition) is 5. The number of benzene rings is 2. The molecule has 0 saturated heterocycles. The van der Waals surface area contributed by atoms with Crippen LogP contribution in [0.4, 0.5) is 0 Å². The molecule has 2 aromatic heterocycles. The van der Waals surface area contributed by atoms with Gasteiger partial charge in [-0.1, -0.05) is 36.0 Å². The highest BCUT2D eigenvalue weighted by molar-refractivity contribution is 7.98. The molecule has 1 fully saturated rings. The fourth-order valence-corrected chi connectivity index (χ4v) is 4.73. The Morgan fingerprint density at radius 3 is 2.69 bits per heavy atom. The molecular weight excluding hydrogens is 384 g/mol. The van der Waals surface area contributed by atoms with Crippen LogP contribution in [-0.2, 0) is 5.75 Å². The summed E-state index contributed by atoms with van der Waals surface area (Å²) in [7, 11) is 0. The van der Waals surface area contributed by atoms with Gasteiger partial charge in [0.1, 0.15) is 5.58 Å². The minimum atomic E-state index is -0.354. The van der Waals surface area contributed by atoms with Crippen molar-refractivity contribution in [3.8, 4) is 0 Å². The van der Waals surface area contributed by atoms with Crippen molar-refractivity contribution in [3.05, 3.63) is 79.9 Å². The second-order valence-corrected chi connectivity index (χ2v) is 8.52. The van der Waals surface area contributed by atoms with Gasteiger partial charge in [0, 0.05) is 23.2 Å². The van der Waals surface area contributed by atoms with Gasteiger partial charge in [-0.05, 0) is 55.5 Å². The Labute approximate surface area is 171 Å². The molecule has 6 heteroatoms. The first-order valence-corrected chi connectivity index (χ1v) is 10.7. The molecule has 2 heterocycles. The third-order valence-corrected chi connectivity index (χ3v) is 6.56. The maximum absolute atomic E-state index is 13.0. The van der Waals surface area contributed by atoms with E-state index in [1.165, 1.54) is 11.8 Å². The van der Waals surface area contributed by atoms with Crippen LogP contribution in [0.25, 0.3) is 21.9 Å². The van der Waals surface area contributed by atoms with Crippen molar-refractivity contribution in [1.29, 1.82) is 0 Å². The number of rotatable bonds is 4. The van der Waals surface area contributed by atoms with Crippen LogP contribution in [0.15, 0.2) is 61.6 Å². The lowest BCUT2D eigenvalue weighted by Crippen LogP contribution is -2.22. The Balaban J connectivity index is 1.60. The van der Waals surface area contributed by atoms with E-state index in [0.29, 0.717) is 27.4 Å². The lowest BCUT2D eigenvalue weighted by atomic mass is 10.0. The van der Waals surface area contributed by atoms with Gasteiger partial charge in [0.25, 0.3) is 5.56 Å². The largest absolute Gasteiger partial charge is 0.422 e. The highest BCUT2D eigenvalue weighted by Gasteiger charge is 2.28. The molecule has 1 aliphatic carbocycles. The van der Waals surface area contributed by atoms with Gasteiger partial charge >= 0.3 is 5.63 Å². The first-order valence-electron chi connectivity index (χ1n) is 9.70. The van der Waals surface area contributed by atoms with Gasteiger partial charge in [-0.2, -0.15) is 0 Å². The average molecular weight is 404 g/mol. The number of thioether (sulfide) groups is 1. The molecule has 5 nitrogen and oxygen atoms in total. The zero-order chi connectivity index (χ0) is 20.1. The van der Waals surface area contributed by atoms with E-state index in [9.17, 15) is 9.59 Å². The first-order chi connectivity index (χ1) is 14.0. The van der Waals surface area contributed by atoms with E-state index < -0.39 is 0 Å². The predicted octanol–water partition coefficient (Wildman–Crippen LogP) is 4.75. The summed E-state index contributed by atoms with van der Waals surface area (Å²) in [4.78, 5) is 30.0. The van der Waals surface area contributed by atoms with E-state index >= 15 is 0 Å². The maximum Gasteiger partial charge on any atom is 0.336 e. The fraction of sp³-hybridized carbons (Fsp3) is 0.261. The van der Waals surface area contributed by atoms with E-state index in [2.05, 4.69) is 0 Å². The Morgan fingerprint density at radius 2 is 1.90 bits per heavy atom. The number of hydrogen-bond donors (Lipinski definition) is 0. The Morgan fingerprint density at radius 1 is 1.10 bits per heavy atom. The Bertz CT molecular complexity index is 1380. The molecule has 0 radical (unpaired) electrons. The minimum Gasteiger partial charge on any atom is -0.422 e. The van der Waals surface area contributed by atoms with Gasteiger partial charge in [0.2, 0.25) is 0 Å². The summed E-state index contributed by atoms with van der Waals surface area (Å²) < 4.78 is 7.31. The second-order valence-electron chi connectivity index (χ2n) is 7.58. The number of aromatic nitrogens is 2. The quantitative estimate of drug-likeness (QED) is 0.279. The molecule has 0 amide bonds. The molecule has 0 atom stereocenters. The Hall–Kier alpha value is -2.86. The molecule has 0 spiro atoms. The first kappa shape index (κ1) is 18.2. The van der Waals surface area contributed by atoms with Crippen LogP contribution in [0.1, 0.15) is 35.6 Å². The summed E-state index contributed by atoms with van der Waals surface area (Å²) in [5, 5.41) is 2.29. The van der Waals surface area contributed by atoms with Crippen molar-refractivity contribution in [2.75, 3.05) is 0 Å². The normalized spacial score (nSPS) is 14.0. The van der Waals surface area contributed by atoms with Gasteiger partial charge in [-0.3, -0.25) is 9.36 Å². The minimum absolute atomic E-state index is 0.0181. The summed E-state index contributed by atoms with van der Waals surface area (Å²) >= 11 is 1.50. The van der Waals surface area contributed by atoms with E-state index in [1.54, 1.807) is 6.07 Å². The molecule has 1 aliphatic rings. The zero-order valence-electron chi connectivity index (χ0n) is 16.3. The number of aryl methyl sites for hydroxylation is 2. The average Bonchev–Trinajstić information content (AvgIpc) is 3.54. The topological polar surface area (TPSA) is 65.1 Å². The predicted molar refractivity (Wildman–Crippen MR) is 116 cm³/mol. The third-order valence-electron chi connectivity index (χ3n) is 5.56. The molecule has 29 heavy (non-hydrogen) atoms. The zero-order valence-corrected chi connectivity index (χ0v) is 17.1. The molecule has 2 aromatic carbocycles. The molecule has 0 N–H and O–H groups in total. The summed E-state index contributed by atoms with van der Waals surface area (Å²) in [6, 6.07) is 13.3. The summed E-state index contributed by atoms with van der Waals surface area (Å²) in [5.41, 5.74) is 3.97. The van der Waals surface area contributed by atoms with Crippen molar-refractivity contribution >= 4 is 33.6 Å². The van der Waals surface area contributed by atoms with Gasteiger partial charge in [-0.25, -0.2) is 9.78 Å². The van der Waals surface area contributed by atoms with Crippen molar-refractivity contribution in [1.82, 2.24) is 9.55 Å². The summed E-state index contributed by atoms with van der Waals surface area (Å²) in [6.07, 6.45) is 2.01. The lowest BCUT2D eigenvalue weighted by Gasteiger charge is -2.13. The maximum atomic E-state index is 13.0. The van der Waals surface area contributed by atoms with E-state index in [1.807, 2.05) is 54.8 Å². The Kier molecular flexibility index (Phi) is 4.32. The van der Waals surface area contributed by atoms with Crippen LogP contribution in [-0.4, -0.2) is 9.55 Å². The smallest absolute Gasteiger partial charge is 0.336 e. The van der Waals surface area contributed by atoms with Crippen molar-refractivity contribution in [2.45, 2.75) is 43.6 Å². The molecule has 1 saturated carbocycles. The molecule has 146 valence electrons. The molecular formula is C23H20N2O3S. The van der Waals surface area contributed by atoms with Crippen LogP contribution in [0.5, 0.6) is 0 Å². The van der Waals surface area contributed by atoms with Crippen LogP contribution < -0.4 is 11.2 Å². The van der Waals surface area contributed by atoms with Crippen LogP contribution in [0, 0.1) is 13.8 Å². The fourth-order valence-electron chi connectivity index (χ4n) is 3.67. The third kappa shape index (κ3) is 3.17. The molecule has 0 aliphatic heterocycles. The van der Waals surface area contributed by atoms with Gasteiger partial charge < -0.3 is 4.42 Å². The molecule has 0 unspecified atom stereocenters. The molecule has 0 bridgehead atoms. The summed E-state index contributed by atoms with van der Waals surface area (Å²) in [6.45, 7) is 3.97. The second kappa shape index (κ2) is 6.88. The van der Waals surface area contributed by atoms with Crippen molar-refractivity contribution in [2.24, 2.45) is 0 Å². The van der Waals surface area contributed by atoms with Crippen LogP contribution in [0.3, 0.4) is 0 Å². The van der Waals surface area contributed by atoms with E-state index in [-0.39, 0.29) is 17.2 Å². The SMILES string of the molecule is Cc1ccc2c(CSc3nc4ccccc4c(=O)n3C3CC3)cc(=O)oc2c1C. The van der Waals surface area contributed by atoms with Crippen molar-refractivity contribution in [3.63, 3.8) is 0 Å². The highest BCUT2D eigenvalue weighted by atomic mass is 32.2. The number of nitrogens with zero attached hydrogens (tertiary/aromatic N) is 2. The van der Waals surface area contributed by atoms with Crippen molar-refractivity contribution < 1.29 is 4.42 Å². The van der Waals surface area contributed by atoms with Crippen LogP contribution >= 0.6 is 11.8 Å². The standard InChI is InChI=1S/C23H20N2O3S/c1-13-7-10-17-15(11-20(26)28-21(17)14(13)2)12-29-23-24-19-6-4-3-5-18(19)22(27)25(23)16-8-9-16/h3-7,10-11,16H,8-9,12H2,1-2H3. The van der Waals surface area contributed by atoms with Crippen LogP contribution in [0.2, 0.25) is 0 Å². The number of para-hydroxylation sites is 1. The number of fused-ring (bicyclic) bond motifs is 2. The molecule has 4 aromatic rings. The van der Waals surface area contributed by atoms with Gasteiger partial charge in [0.05, 0.1) is 10.9 Å². The highest BCUT2D eigenvalue weighted by Crippen LogP contribution is 2.38. The van der Waals surface area contributed by atoms with E-state index in [4.69, 9.17) is 9.40 Å². The van der Waals surface area contributed by atoms with E-state index in [0.717, 1.165) is 34.9 Å².